The molecular weight excluding hydrogens is 310 g/mol. The maximum absolute atomic E-state index is 9.51. The lowest BCUT2D eigenvalue weighted by Gasteiger charge is -2.20. The van der Waals surface area contributed by atoms with E-state index in [1.165, 1.54) is 5.56 Å². The maximum Gasteiger partial charge on any atom is 0.134 e. The number of ether oxygens (including phenoxy) is 1. The van der Waals surface area contributed by atoms with Gasteiger partial charge in [-0.25, -0.2) is 0 Å². The van der Waals surface area contributed by atoms with Crippen molar-refractivity contribution in [3.05, 3.63) is 70.8 Å². The highest BCUT2D eigenvalue weighted by atomic mass is 35.5. The predicted octanol–water partition coefficient (Wildman–Crippen LogP) is 4.21. The predicted molar refractivity (Wildman–Crippen MR) is 95.7 cm³/mol. The molecule has 3 nitrogen and oxygen atoms in total. The number of benzene rings is 2. The van der Waals surface area contributed by atoms with Gasteiger partial charge in [-0.15, -0.1) is 0 Å². The number of methoxy groups -OCH3 is 1. The van der Waals surface area contributed by atoms with E-state index < -0.39 is 0 Å². The molecule has 0 saturated heterocycles. The summed E-state index contributed by atoms with van der Waals surface area (Å²) in [6.07, 6.45) is 4.26. The van der Waals surface area contributed by atoms with Crippen LogP contribution < -0.4 is 0 Å². The van der Waals surface area contributed by atoms with Crippen molar-refractivity contribution in [3.63, 3.8) is 0 Å². The number of phenolic OH excluding ortho intramolecular Hbond substituents is 1. The molecule has 0 fully saturated rings. The van der Waals surface area contributed by atoms with Crippen LogP contribution in [-0.4, -0.2) is 36.8 Å². The van der Waals surface area contributed by atoms with Gasteiger partial charge in [0.15, 0.2) is 0 Å². The first-order chi connectivity index (χ1) is 11.2. The number of hydrogen-bond acceptors (Lipinski definition) is 3. The van der Waals surface area contributed by atoms with Crippen molar-refractivity contribution in [3.8, 4) is 5.75 Å². The van der Waals surface area contributed by atoms with Crippen LogP contribution in [0.4, 0.5) is 0 Å². The summed E-state index contributed by atoms with van der Waals surface area (Å²) >= 11 is 5.98. The minimum absolute atomic E-state index is 0.114. The summed E-state index contributed by atoms with van der Waals surface area (Å²) in [7, 11) is 1.70. The Kier molecular flexibility index (Phi) is 7.14. The fraction of sp³-hybridized carbons (Fsp3) is 0.263. The standard InChI is InChI=1S/C19H22ClNO2/c1-23-13-12-21(11-5-8-16-6-3-2-4-7-16)15-17-9-10-19(22)18(20)14-17/h2-10,14,22H,11-13,15H2,1H3/b8-5+. The second-order valence-corrected chi connectivity index (χ2v) is 5.73. The number of hydrogen-bond donors (Lipinski definition) is 1. The first-order valence-corrected chi connectivity index (χ1v) is 7.97. The van der Waals surface area contributed by atoms with Gasteiger partial charge in [-0.05, 0) is 23.3 Å². The number of aromatic hydroxyl groups is 1. The molecule has 2 rings (SSSR count). The zero-order valence-corrected chi connectivity index (χ0v) is 14.0. The van der Waals surface area contributed by atoms with E-state index in [9.17, 15) is 5.11 Å². The topological polar surface area (TPSA) is 32.7 Å². The summed E-state index contributed by atoms with van der Waals surface area (Å²) < 4.78 is 5.19. The van der Waals surface area contributed by atoms with Gasteiger partial charge >= 0.3 is 0 Å². The van der Waals surface area contributed by atoms with Crippen LogP contribution in [0, 0.1) is 0 Å². The first-order valence-electron chi connectivity index (χ1n) is 7.59. The average Bonchev–Trinajstić information content (AvgIpc) is 2.57. The highest BCUT2D eigenvalue weighted by Gasteiger charge is 2.06. The van der Waals surface area contributed by atoms with Gasteiger partial charge < -0.3 is 9.84 Å². The highest BCUT2D eigenvalue weighted by Crippen LogP contribution is 2.24. The molecule has 0 bridgehead atoms. The van der Waals surface area contributed by atoms with Crippen molar-refractivity contribution in [2.45, 2.75) is 6.54 Å². The van der Waals surface area contributed by atoms with Gasteiger partial charge in [0.2, 0.25) is 0 Å². The smallest absolute Gasteiger partial charge is 0.134 e. The van der Waals surface area contributed by atoms with Crippen molar-refractivity contribution in [1.29, 1.82) is 0 Å². The molecule has 0 spiro atoms. The largest absolute Gasteiger partial charge is 0.506 e. The second kappa shape index (κ2) is 9.36. The zero-order valence-electron chi connectivity index (χ0n) is 13.3. The quantitative estimate of drug-likeness (QED) is 0.786. The molecule has 0 heterocycles. The number of rotatable bonds is 8. The molecule has 0 amide bonds. The van der Waals surface area contributed by atoms with Crippen LogP contribution in [0.1, 0.15) is 11.1 Å². The van der Waals surface area contributed by atoms with E-state index in [1.54, 1.807) is 19.2 Å². The minimum Gasteiger partial charge on any atom is -0.506 e. The molecular formula is C19H22ClNO2. The molecule has 0 unspecified atom stereocenters. The molecule has 0 aliphatic rings. The van der Waals surface area contributed by atoms with E-state index in [0.717, 1.165) is 25.2 Å². The van der Waals surface area contributed by atoms with Crippen molar-refractivity contribution in [2.24, 2.45) is 0 Å². The van der Waals surface area contributed by atoms with Gasteiger partial charge in [0.1, 0.15) is 5.75 Å². The fourth-order valence-electron chi connectivity index (χ4n) is 2.26. The van der Waals surface area contributed by atoms with E-state index in [-0.39, 0.29) is 5.75 Å². The summed E-state index contributed by atoms with van der Waals surface area (Å²) in [6, 6.07) is 15.6. The Morgan fingerprint density at radius 1 is 1.17 bits per heavy atom. The lowest BCUT2D eigenvalue weighted by atomic mass is 10.2. The van der Waals surface area contributed by atoms with Gasteiger partial charge in [-0.3, -0.25) is 4.90 Å². The summed E-state index contributed by atoms with van der Waals surface area (Å²) in [6.45, 7) is 3.07. The third kappa shape index (κ3) is 6.06. The van der Waals surface area contributed by atoms with Crippen LogP contribution in [0.5, 0.6) is 5.75 Å². The van der Waals surface area contributed by atoms with Crippen LogP contribution in [0.3, 0.4) is 0 Å². The molecule has 0 saturated carbocycles. The molecule has 2 aromatic carbocycles. The summed E-state index contributed by atoms with van der Waals surface area (Å²) in [5.74, 6) is 0.114. The second-order valence-electron chi connectivity index (χ2n) is 5.33. The van der Waals surface area contributed by atoms with E-state index in [1.807, 2.05) is 24.3 Å². The third-order valence-electron chi connectivity index (χ3n) is 3.50. The van der Waals surface area contributed by atoms with Gasteiger partial charge in [0, 0.05) is 26.7 Å². The molecule has 4 heteroatoms. The molecule has 0 aromatic heterocycles. The van der Waals surface area contributed by atoms with Crippen molar-refractivity contribution in [2.75, 3.05) is 26.8 Å². The van der Waals surface area contributed by atoms with Gasteiger partial charge in [-0.1, -0.05) is 60.2 Å². The summed E-state index contributed by atoms with van der Waals surface area (Å²) in [5, 5.41) is 9.89. The zero-order chi connectivity index (χ0) is 16.5. The Bertz CT molecular complexity index is 629. The average molecular weight is 332 g/mol. The molecule has 0 atom stereocenters. The Balaban J connectivity index is 1.98. The monoisotopic (exact) mass is 331 g/mol. The summed E-state index contributed by atoms with van der Waals surface area (Å²) in [4.78, 5) is 2.27. The Labute approximate surface area is 142 Å². The molecule has 0 aliphatic carbocycles. The highest BCUT2D eigenvalue weighted by molar-refractivity contribution is 6.32. The summed E-state index contributed by atoms with van der Waals surface area (Å²) in [5.41, 5.74) is 2.25. The number of nitrogens with zero attached hydrogens (tertiary/aromatic N) is 1. The molecule has 0 radical (unpaired) electrons. The molecule has 2 aromatic rings. The van der Waals surface area contributed by atoms with E-state index >= 15 is 0 Å². The number of phenols is 1. The molecule has 0 aliphatic heterocycles. The van der Waals surface area contributed by atoms with Crippen LogP contribution in [0.25, 0.3) is 6.08 Å². The third-order valence-corrected chi connectivity index (χ3v) is 3.81. The van der Waals surface area contributed by atoms with E-state index in [2.05, 4.69) is 29.2 Å². The normalized spacial score (nSPS) is 11.4. The van der Waals surface area contributed by atoms with E-state index in [4.69, 9.17) is 16.3 Å². The molecule has 1 N–H and O–H groups in total. The maximum atomic E-state index is 9.51. The SMILES string of the molecule is COCCN(C/C=C/c1ccccc1)Cc1ccc(O)c(Cl)c1. The van der Waals surface area contributed by atoms with Gasteiger partial charge in [-0.2, -0.15) is 0 Å². The lowest BCUT2D eigenvalue weighted by Crippen LogP contribution is -2.27. The first kappa shape index (κ1) is 17.5. The Morgan fingerprint density at radius 2 is 1.96 bits per heavy atom. The van der Waals surface area contributed by atoms with Crippen LogP contribution in [0.2, 0.25) is 5.02 Å². The minimum atomic E-state index is 0.114. The van der Waals surface area contributed by atoms with E-state index in [0.29, 0.717) is 11.6 Å². The van der Waals surface area contributed by atoms with Crippen LogP contribution in [-0.2, 0) is 11.3 Å². The molecule has 122 valence electrons. The fourth-order valence-corrected chi connectivity index (χ4v) is 2.47. The van der Waals surface area contributed by atoms with Crippen LogP contribution in [0.15, 0.2) is 54.6 Å². The van der Waals surface area contributed by atoms with Gasteiger partial charge in [0.25, 0.3) is 0 Å². The van der Waals surface area contributed by atoms with Gasteiger partial charge in [0.05, 0.1) is 11.6 Å². The van der Waals surface area contributed by atoms with Crippen molar-refractivity contribution in [1.82, 2.24) is 4.90 Å². The Hall–Kier alpha value is -1.81. The Morgan fingerprint density at radius 3 is 2.65 bits per heavy atom. The number of halogens is 1. The molecule has 23 heavy (non-hydrogen) atoms. The van der Waals surface area contributed by atoms with Crippen molar-refractivity contribution < 1.29 is 9.84 Å². The van der Waals surface area contributed by atoms with Crippen molar-refractivity contribution >= 4 is 17.7 Å². The lowest BCUT2D eigenvalue weighted by molar-refractivity contribution is 0.151. The van der Waals surface area contributed by atoms with Crippen LogP contribution >= 0.6 is 11.6 Å².